The number of benzene rings is 2. The van der Waals surface area contributed by atoms with Crippen LogP contribution >= 0.6 is 23.2 Å². The van der Waals surface area contributed by atoms with Gasteiger partial charge < -0.3 is 0 Å². The number of hydrogen-bond donors (Lipinski definition) is 0. The second-order valence-corrected chi connectivity index (χ2v) is 5.31. The Labute approximate surface area is 121 Å². The molecule has 2 rings (SSSR count). The standard InChI is InChI=1S/C15H12Cl2F2/c1-8-6-11(12(16)7-9(8)2)14(17)10-4-3-5-13(18)15(10)19/h3-7,14H,1-2H3. The molecule has 0 radical (unpaired) electrons. The van der Waals surface area contributed by atoms with Gasteiger partial charge in [0.2, 0.25) is 0 Å². The molecular weight excluding hydrogens is 289 g/mol. The van der Waals surface area contributed by atoms with Crippen LogP contribution in [0.15, 0.2) is 30.3 Å². The molecule has 4 heteroatoms. The lowest BCUT2D eigenvalue weighted by atomic mass is 9.99. The van der Waals surface area contributed by atoms with Crippen molar-refractivity contribution in [2.75, 3.05) is 0 Å². The molecule has 0 bridgehead atoms. The average molecular weight is 301 g/mol. The van der Waals surface area contributed by atoms with Gasteiger partial charge in [0.25, 0.3) is 0 Å². The van der Waals surface area contributed by atoms with E-state index in [-0.39, 0.29) is 5.56 Å². The van der Waals surface area contributed by atoms with Crippen LogP contribution in [0, 0.1) is 25.5 Å². The highest BCUT2D eigenvalue weighted by Gasteiger charge is 2.20. The predicted molar refractivity (Wildman–Crippen MR) is 75.0 cm³/mol. The van der Waals surface area contributed by atoms with Crippen molar-refractivity contribution in [3.05, 3.63) is 69.2 Å². The average Bonchev–Trinajstić information content (AvgIpc) is 2.36. The molecule has 19 heavy (non-hydrogen) atoms. The zero-order valence-corrected chi connectivity index (χ0v) is 12.0. The minimum Gasteiger partial charge on any atom is -0.204 e. The zero-order valence-electron chi connectivity index (χ0n) is 10.5. The van der Waals surface area contributed by atoms with E-state index in [1.54, 1.807) is 12.1 Å². The van der Waals surface area contributed by atoms with E-state index in [1.165, 1.54) is 12.1 Å². The third-order valence-corrected chi connectivity index (χ3v) is 3.94. The maximum Gasteiger partial charge on any atom is 0.163 e. The number of aryl methyl sites for hydroxylation is 2. The first-order valence-corrected chi connectivity index (χ1v) is 6.58. The fourth-order valence-electron chi connectivity index (χ4n) is 1.88. The van der Waals surface area contributed by atoms with Gasteiger partial charge in [-0.05, 0) is 42.7 Å². The van der Waals surface area contributed by atoms with Crippen LogP contribution in [0.5, 0.6) is 0 Å². The third kappa shape index (κ3) is 2.75. The predicted octanol–water partition coefficient (Wildman–Crippen LogP) is 5.56. The Balaban J connectivity index is 2.53. The number of rotatable bonds is 2. The van der Waals surface area contributed by atoms with Gasteiger partial charge in [0.05, 0.1) is 5.38 Å². The minimum absolute atomic E-state index is 0.0896. The molecule has 0 aliphatic carbocycles. The first-order chi connectivity index (χ1) is 8.91. The van der Waals surface area contributed by atoms with Crippen LogP contribution in [0.4, 0.5) is 8.78 Å². The second kappa shape index (κ2) is 5.48. The van der Waals surface area contributed by atoms with E-state index in [0.717, 1.165) is 17.2 Å². The van der Waals surface area contributed by atoms with E-state index >= 15 is 0 Å². The topological polar surface area (TPSA) is 0 Å². The molecule has 0 fully saturated rings. The smallest absolute Gasteiger partial charge is 0.163 e. The third-order valence-electron chi connectivity index (χ3n) is 3.14. The van der Waals surface area contributed by atoms with Gasteiger partial charge in [-0.15, -0.1) is 11.6 Å². The van der Waals surface area contributed by atoms with Gasteiger partial charge in [-0.25, -0.2) is 8.78 Å². The van der Waals surface area contributed by atoms with Gasteiger partial charge in [0, 0.05) is 10.6 Å². The Morgan fingerprint density at radius 3 is 2.32 bits per heavy atom. The van der Waals surface area contributed by atoms with Crippen molar-refractivity contribution in [2.24, 2.45) is 0 Å². The number of halogens is 4. The first kappa shape index (κ1) is 14.3. The highest BCUT2D eigenvalue weighted by Crippen LogP contribution is 2.36. The summed E-state index contributed by atoms with van der Waals surface area (Å²) in [4.78, 5) is 0. The van der Waals surface area contributed by atoms with Crippen molar-refractivity contribution in [1.29, 1.82) is 0 Å². The molecule has 0 heterocycles. The first-order valence-electron chi connectivity index (χ1n) is 5.76. The largest absolute Gasteiger partial charge is 0.204 e. The van der Waals surface area contributed by atoms with Crippen LogP contribution in [0.3, 0.4) is 0 Å². The van der Waals surface area contributed by atoms with E-state index in [4.69, 9.17) is 23.2 Å². The molecule has 0 amide bonds. The molecule has 0 aliphatic heterocycles. The molecule has 0 aliphatic rings. The van der Waals surface area contributed by atoms with Gasteiger partial charge in [0.15, 0.2) is 11.6 Å². The summed E-state index contributed by atoms with van der Waals surface area (Å²) in [6.45, 7) is 3.84. The molecule has 2 aromatic rings. The number of alkyl halides is 1. The second-order valence-electron chi connectivity index (χ2n) is 4.46. The summed E-state index contributed by atoms with van der Waals surface area (Å²) in [5, 5.41) is -0.366. The molecule has 1 unspecified atom stereocenters. The van der Waals surface area contributed by atoms with E-state index in [9.17, 15) is 8.78 Å². The Kier molecular flexibility index (Phi) is 4.12. The summed E-state index contributed by atoms with van der Waals surface area (Å²) >= 11 is 12.4. The van der Waals surface area contributed by atoms with Crippen LogP contribution < -0.4 is 0 Å². The van der Waals surface area contributed by atoms with Crippen LogP contribution in [-0.4, -0.2) is 0 Å². The molecule has 0 aromatic heterocycles. The van der Waals surface area contributed by atoms with Crippen LogP contribution in [0.2, 0.25) is 5.02 Å². The lowest BCUT2D eigenvalue weighted by Gasteiger charge is -2.15. The monoisotopic (exact) mass is 300 g/mol. The van der Waals surface area contributed by atoms with Gasteiger partial charge in [-0.1, -0.05) is 29.8 Å². The van der Waals surface area contributed by atoms with Crippen LogP contribution in [0.25, 0.3) is 0 Å². The van der Waals surface area contributed by atoms with Crippen molar-refractivity contribution in [3.8, 4) is 0 Å². The normalized spacial score (nSPS) is 12.5. The van der Waals surface area contributed by atoms with Crippen molar-refractivity contribution < 1.29 is 8.78 Å². The minimum atomic E-state index is -0.934. The van der Waals surface area contributed by atoms with E-state index in [0.29, 0.717) is 10.6 Å². The SMILES string of the molecule is Cc1cc(Cl)c(C(Cl)c2cccc(F)c2F)cc1C. The van der Waals surface area contributed by atoms with Gasteiger partial charge >= 0.3 is 0 Å². The summed E-state index contributed by atoms with van der Waals surface area (Å²) in [6.07, 6.45) is 0. The molecular formula is C15H12Cl2F2. The lowest BCUT2D eigenvalue weighted by molar-refractivity contribution is 0.500. The highest BCUT2D eigenvalue weighted by molar-refractivity contribution is 6.33. The summed E-state index contributed by atoms with van der Waals surface area (Å²) in [6, 6.07) is 7.53. The Morgan fingerprint density at radius 2 is 1.63 bits per heavy atom. The fraction of sp³-hybridized carbons (Fsp3) is 0.200. The lowest BCUT2D eigenvalue weighted by Crippen LogP contribution is -2.01. The number of hydrogen-bond acceptors (Lipinski definition) is 0. The molecule has 1 atom stereocenters. The maximum absolute atomic E-state index is 13.7. The maximum atomic E-state index is 13.7. The summed E-state index contributed by atoms with van der Waals surface area (Å²) in [7, 11) is 0. The molecule has 100 valence electrons. The Hall–Kier alpha value is -1.12. The fourth-order valence-corrected chi connectivity index (χ4v) is 2.61. The zero-order chi connectivity index (χ0) is 14.2. The quantitative estimate of drug-likeness (QED) is 0.637. The van der Waals surface area contributed by atoms with E-state index in [2.05, 4.69) is 0 Å². The van der Waals surface area contributed by atoms with Gasteiger partial charge in [-0.2, -0.15) is 0 Å². The van der Waals surface area contributed by atoms with Crippen molar-refractivity contribution in [1.82, 2.24) is 0 Å². The molecule has 0 saturated carbocycles. The molecule has 0 N–H and O–H groups in total. The van der Waals surface area contributed by atoms with Crippen LogP contribution in [0.1, 0.15) is 27.6 Å². The van der Waals surface area contributed by atoms with Crippen molar-refractivity contribution >= 4 is 23.2 Å². The Morgan fingerprint density at radius 1 is 1.00 bits per heavy atom. The van der Waals surface area contributed by atoms with Crippen molar-refractivity contribution in [3.63, 3.8) is 0 Å². The van der Waals surface area contributed by atoms with Crippen LogP contribution in [-0.2, 0) is 0 Å². The highest BCUT2D eigenvalue weighted by atomic mass is 35.5. The van der Waals surface area contributed by atoms with E-state index < -0.39 is 17.0 Å². The summed E-state index contributed by atoms with van der Waals surface area (Å²) in [5.41, 5.74) is 2.70. The summed E-state index contributed by atoms with van der Waals surface area (Å²) in [5.74, 6) is -1.85. The molecule has 0 spiro atoms. The van der Waals surface area contributed by atoms with Gasteiger partial charge in [0.1, 0.15) is 0 Å². The molecule has 0 nitrogen and oxygen atoms in total. The summed E-state index contributed by atoms with van der Waals surface area (Å²) < 4.78 is 27.0. The van der Waals surface area contributed by atoms with E-state index in [1.807, 2.05) is 13.8 Å². The molecule has 2 aromatic carbocycles. The Bertz CT molecular complexity index is 624. The van der Waals surface area contributed by atoms with Crippen molar-refractivity contribution in [2.45, 2.75) is 19.2 Å². The van der Waals surface area contributed by atoms with Gasteiger partial charge in [-0.3, -0.25) is 0 Å². The molecule has 0 saturated heterocycles.